The molecule has 0 saturated carbocycles. The Morgan fingerprint density at radius 3 is 2.38 bits per heavy atom. The van der Waals surface area contributed by atoms with Crippen LogP contribution in [0.2, 0.25) is 5.02 Å². The number of sulfonamides is 1. The molecule has 0 radical (unpaired) electrons. The minimum Gasteiger partial charge on any atom is -0.508 e. The summed E-state index contributed by atoms with van der Waals surface area (Å²) in [4.78, 5) is 10.7. The first-order chi connectivity index (χ1) is 13.4. The number of rotatable bonds is 5. The number of anilines is 1. The highest BCUT2D eigenvalue weighted by Gasteiger charge is 2.45. The van der Waals surface area contributed by atoms with E-state index in [1.807, 2.05) is 0 Å². The van der Waals surface area contributed by atoms with Crippen LogP contribution in [-0.2, 0) is 19.9 Å². The van der Waals surface area contributed by atoms with Gasteiger partial charge < -0.3 is 15.3 Å². The van der Waals surface area contributed by atoms with Crippen molar-refractivity contribution in [2.45, 2.75) is 17.0 Å². The number of hydrogen-bond donors (Lipinski definition) is 3. The SMILES string of the molecule is O=C(O)c1ccc(Cl)c(S(=O)(=O)N(c2cccc(O)c2)[C@@H]2CS(=O)(=O)C[C@@H]2O)c1. The van der Waals surface area contributed by atoms with Crippen molar-refractivity contribution in [1.82, 2.24) is 0 Å². The van der Waals surface area contributed by atoms with Gasteiger partial charge >= 0.3 is 5.97 Å². The zero-order valence-electron chi connectivity index (χ0n) is 14.6. The molecule has 2 aromatic carbocycles. The third kappa shape index (κ3) is 4.17. The molecule has 12 heteroatoms. The van der Waals surface area contributed by atoms with Crippen LogP contribution in [0.5, 0.6) is 5.75 Å². The number of carboxylic acids is 1. The minimum absolute atomic E-state index is 0.108. The molecule has 156 valence electrons. The molecular formula is C17H16ClNO8S2. The lowest BCUT2D eigenvalue weighted by Crippen LogP contribution is -2.47. The fourth-order valence-electron chi connectivity index (χ4n) is 3.11. The van der Waals surface area contributed by atoms with Gasteiger partial charge in [0.05, 0.1) is 39.9 Å². The van der Waals surface area contributed by atoms with Crippen molar-refractivity contribution in [1.29, 1.82) is 0 Å². The van der Waals surface area contributed by atoms with E-state index < -0.39 is 54.4 Å². The molecule has 0 aliphatic carbocycles. The Morgan fingerprint density at radius 1 is 1.14 bits per heavy atom. The quantitative estimate of drug-likeness (QED) is 0.599. The molecule has 2 aromatic rings. The van der Waals surface area contributed by atoms with Gasteiger partial charge in [-0.05, 0) is 30.3 Å². The lowest BCUT2D eigenvalue weighted by molar-refractivity contribution is 0.0696. The van der Waals surface area contributed by atoms with E-state index in [2.05, 4.69) is 0 Å². The monoisotopic (exact) mass is 461 g/mol. The molecule has 9 nitrogen and oxygen atoms in total. The molecule has 1 aliphatic heterocycles. The van der Waals surface area contributed by atoms with Gasteiger partial charge in [-0.1, -0.05) is 17.7 Å². The zero-order chi connectivity index (χ0) is 21.6. The Balaban J connectivity index is 2.24. The predicted octanol–water partition coefficient (Wildman–Crippen LogP) is 1.10. The predicted molar refractivity (Wildman–Crippen MR) is 105 cm³/mol. The zero-order valence-corrected chi connectivity index (χ0v) is 17.0. The molecule has 1 fully saturated rings. The molecule has 0 aromatic heterocycles. The number of benzene rings is 2. The number of hydrogen-bond acceptors (Lipinski definition) is 7. The van der Waals surface area contributed by atoms with Gasteiger partial charge in [-0.25, -0.2) is 21.6 Å². The molecule has 0 bridgehead atoms. The van der Waals surface area contributed by atoms with E-state index in [1.165, 1.54) is 18.2 Å². The molecule has 1 saturated heterocycles. The third-order valence-corrected chi connectivity index (χ3v) is 8.43. The molecule has 1 aliphatic rings. The molecule has 1 heterocycles. The van der Waals surface area contributed by atoms with Crippen molar-refractivity contribution in [2.24, 2.45) is 0 Å². The van der Waals surface area contributed by atoms with Crippen LogP contribution in [0.3, 0.4) is 0 Å². The summed E-state index contributed by atoms with van der Waals surface area (Å²) in [6, 6.07) is 6.71. The van der Waals surface area contributed by atoms with Gasteiger partial charge in [-0.3, -0.25) is 4.31 Å². The first kappa shape index (κ1) is 21.4. The van der Waals surface area contributed by atoms with E-state index in [1.54, 1.807) is 0 Å². The van der Waals surface area contributed by atoms with Gasteiger partial charge in [0.2, 0.25) is 0 Å². The first-order valence-electron chi connectivity index (χ1n) is 8.17. The Labute approximate surface area is 171 Å². The Bertz CT molecular complexity index is 1180. The van der Waals surface area contributed by atoms with Crippen LogP contribution in [0.1, 0.15) is 10.4 Å². The number of aliphatic hydroxyl groups is 1. The van der Waals surface area contributed by atoms with Crippen LogP contribution >= 0.6 is 11.6 Å². The maximum Gasteiger partial charge on any atom is 0.335 e. The van der Waals surface area contributed by atoms with E-state index >= 15 is 0 Å². The number of aromatic carboxylic acids is 1. The minimum atomic E-state index is -4.62. The van der Waals surface area contributed by atoms with E-state index in [-0.39, 0.29) is 22.0 Å². The molecular weight excluding hydrogens is 446 g/mol. The maximum absolute atomic E-state index is 13.4. The van der Waals surface area contributed by atoms with Crippen LogP contribution < -0.4 is 4.31 Å². The Kier molecular flexibility index (Phi) is 5.52. The molecule has 0 amide bonds. The maximum atomic E-state index is 13.4. The highest BCUT2D eigenvalue weighted by atomic mass is 35.5. The number of halogens is 1. The highest BCUT2D eigenvalue weighted by molar-refractivity contribution is 7.93. The topological polar surface area (TPSA) is 149 Å². The van der Waals surface area contributed by atoms with Gasteiger partial charge in [-0.2, -0.15) is 0 Å². The summed E-state index contributed by atoms with van der Waals surface area (Å²) >= 11 is 6.02. The van der Waals surface area contributed by atoms with E-state index in [4.69, 9.17) is 11.6 Å². The average molecular weight is 462 g/mol. The van der Waals surface area contributed by atoms with Crippen molar-refractivity contribution >= 4 is 43.1 Å². The largest absolute Gasteiger partial charge is 0.508 e. The van der Waals surface area contributed by atoms with Gasteiger partial charge in [0.25, 0.3) is 10.0 Å². The van der Waals surface area contributed by atoms with Gasteiger partial charge in [-0.15, -0.1) is 0 Å². The molecule has 2 atom stereocenters. The van der Waals surface area contributed by atoms with Crippen molar-refractivity contribution < 1.29 is 36.9 Å². The van der Waals surface area contributed by atoms with E-state index in [0.717, 1.165) is 24.3 Å². The number of phenols is 1. The molecule has 3 rings (SSSR count). The van der Waals surface area contributed by atoms with Crippen LogP contribution in [0.15, 0.2) is 47.4 Å². The number of carboxylic acid groups (broad SMARTS) is 1. The van der Waals surface area contributed by atoms with Crippen LogP contribution in [-0.4, -0.2) is 61.8 Å². The number of nitrogens with zero attached hydrogens (tertiary/aromatic N) is 1. The third-order valence-electron chi connectivity index (χ3n) is 4.39. The number of phenolic OH excluding ortho intramolecular Hbond substituents is 1. The Hall–Kier alpha value is -2.34. The summed E-state index contributed by atoms with van der Waals surface area (Å²) < 4.78 is 51.5. The summed E-state index contributed by atoms with van der Waals surface area (Å²) in [5.41, 5.74) is -0.452. The standard InChI is InChI=1S/C17H16ClNO8S2/c18-13-5-4-10(17(22)23)6-16(13)29(26,27)19(11-2-1-3-12(20)7-11)14-8-28(24,25)9-15(14)21/h1-7,14-15,20-21H,8-9H2,(H,22,23)/t14-,15+/m1/s1. The van der Waals surface area contributed by atoms with Crippen molar-refractivity contribution in [3.63, 3.8) is 0 Å². The Morgan fingerprint density at radius 2 is 1.83 bits per heavy atom. The fourth-order valence-corrected chi connectivity index (χ4v) is 7.15. The van der Waals surface area contributed by atoms with Crippen molar-refractivity contribution in [2.75, 3.05) is 15.8 Å². The average Bonchev–Trinajstić information content (AvgIpc) is 2.87. The summed E-state index contributed by atoms with van der Waals surface area (Å²) in [7, 11) is -8.35. The summed E-state index contributed by atoms with van der Waals surface area (Å²) in [5, 5.41) is 28.9. The fraction of sp³-hybridized carbons (Fsp3) is 0.235. The number of aliphatic hydroxyl groups excluding tert-OH is 1. The number of sulfone groups is 1. The molecule has 3 N–H and O–H groups in total. The van der Waals surface area contributed by atoms with Crippen LogP contribution in [0, 0.1) is 0 Å². The highest BCUT2D eigenvalue weighted by Crippen LogP contribution is 2.35. The second kappa shape index (κ2) is 7.48. The van der Waals surface area contributed by atoms with Crippen molar-refractivity contribution in [3.05, 3.63) is 53.1 Å². The second-order valence-corrected chi connectivity index (χ2v) is 10.8. The number of aromatic hydroxyl groups is 1. The molecule has 0 spiro atoms. The van der Waals surface area contributed by atoms with Gasteiger partial charge in [0.1, 0.15) is 10.6 Å². The summed E-state index contributed by atoms with van der Waals surface area (Å²) in [6.45, 7) is 0. The lowest BCUT2D eigenvalue weighted by Gasteiger charge is -2.31. The normalized spacial score (nSPS) is 21.0. The van der Waals surface area contributed by atoms with E-state index in [0.29, 0.717) is 4.31 Å². The summed E-state index contributed by atoms with van der Waals surface area (Å²) in [5.74, 6) is -2.96. The van der Waals surface area contributed by atoms with Crippen LogP contribution in [0.4, 0.5) is 5.69 Å². The van der Waals surface area contributed by atoms with Gasteiger partial charge in [0.15, 0.2) is 9.84 Å². The molecule has 29 heavy (non-hydrogen) atoms. The smallest absolute Gasteiger partial charge is 0.335 e. The van der Waals surface area contributed by atoms with Crippen molar-refractivity contribution in [3.8, 4) is 5.75 Å². The summed E-state index contributed by atoms with van der Waals surface area (Å²) in [6.07, 6.45) is -1.53. The number of carbonyl (C=O) groups is 1. The molecule has 0 unspecified atom stereocenters. The lowest BCUT2D eigenvalue weighted by atomic mass is 10.2. The van der Waals surface area contributed by atoms with Gasteiger partial charge in [0, 0.05) is 6.07 Å². The second-order valence-electron chi connectivity index (χ2n) is 6.48. The first-order valence-corrected chi connectivity index (χ1v) is 11.8. The van der Waals surface area contributed by atoms with Crippen LogP contribution in [0.25, 0.3) is 0 Å². The van der Waals surface area contributed by atoms with E-state index in [9.17, 15) is 36.9 Å².